The third-order valence-electron chi connectivity index (χ3n) is 6.02. The summed E-state index contributed by atoms with van der Waals surface area (Å²) in [6.45, 7) is 3.82. The number of carbonyl (C=O) groups is 3. The molecular formula is C24H29NO8. The zero-order valence-electron chi connectivity index (χ0n) is 19.4. The lowest BCUT2D eigenvalue weighted by Gasteiger charge is -2.38. The second-order valence-electron chi connectivity index (χ2n) is 8.10. The fourth-order valence-electron chi connectivity index (χ4n) is 4.45. The molecule has 1 aliphatic carbocycles. The number of dihydropyridines is 1. The highest BCUT2D eigenvalue weighted by molar-refractivity contribution is 6.12. The van der Waals surface area contributed by atoms with E-state index in [0.29, 0.717) is 29.0 Å². The molecule has 1 aromatic carbocycles. The number of methoxy groups -OCH3 is 3. The van der Waals surface area contributed by atoms with Crippen molar-refractivity contribution >= 4 is 17.7 Å². The number of phenols is 1. The maximum Gasteiger partial charge on any atom is 0.336 e. The molecule has 0 saturated carbocycles. The summed E-state index contributed by atoms with van der Waals surface area (Å²) in [6, 6.07) is 4.63. The molecule has 0 amide bonds. The van der Waals surface area contributed by atoms with Crippen molar-refractivity contribution in [1.29, 1.82) is 0 Å². The van der Waals surface area contributed by atoms with Crippen LogP contribution in [0.4, 0.5) is 0 Å². The van der Waals surface area contributed by atoms with Gasteiger partial charge in [0.05, 0.1) is 26.4 Å². The number of hydrogen-bond acceptors (Lipinski definition) is 9. The summed E-state index contributed by atoms with van der Waals surface area (Å²) >= 11 is 0. The number of esters is 2. The Kier molecular flexibility index (Phi) is 7.43. The average molecular weight is 459 g/mol. The van der Waals surface area contributed by atoms with Gasteiger partial charge >= 0.3 is 11.9 Å². The molecular weight excluding hydrogens is 430 g/mol. The van der Waals surface area contributed by atoms with E-state index in [2.05, 4.69) is 5.32 Å². The van der Waals surface area contributed by atoms with E-state index in [4.69, 9.17) is 18.9 Å². The molecule has 0 saturated heterocycles. The van der Waals surface area contributed by atoms with Crippen molar-refractivity contribution in [1.82, 2.24) is 5.32 Å². The van der Waals surface area contributed by atoms with E-state index in [-0.39, 0.29) is 36.2 Å². The molecule has 0 fully saturated rings. The number of nitrogens with one attached hydrogen (secondary N) is 1. The lowest BCUT2D eigenvalue weighted by Crippen LogP contribution is -2.43. The summed E-state index contributed by atoms with van der Waals surface area (Å²) in [5.74, 6) is -3.61. The van der Waals surface area contributed by atoms with Crippen molar-refractivity contribution in [2.24, 2.45) is 11.8 Å². The van der Waals surface area contributed by atoms with Crippen molar-refractivity contribution in [3.8, 4) is 11.5 Å². The number of ketones is 1. The Hall–Kier alpha value is -3.33. The molecule has 0 radical (unpaired) electrons. The van der Waals surface area contributed by atoms with Gasteiger partial charge in [0.15, 0.2) is 17.3 Å². The molecule has 2 N–H and O–H groups in total. The molecule has 178 valence electrons. The Balaban J connectivity index is 2.16. The van der Waals surface area contributed by atoms with Gasteiger partial charge in [0.25, 0.3) is 0 Å². The summed E-state index contributed by atoms with van der Waals surface area (Å²) in [4.78, 5) is 39.2. The maximum absolute atomic E-state index is 13.6. The van der Waals surface area contributed by atoms with Gasteiger partial charge in [-0.2, -0.15) is 0 Å². The van der Waals surface area contributed by atoms with Gasteiger partial charge in [-0.1, -0.05) is 13.0 Å². The Morgan fingerprint density at radius 2 is 1.91 bits per heavy atom. The SMILES string of the molecule is COCCOC(=O)C1=C(C)NC2=C(C(=O)[C@@H](C(=O)OC)[C@H](C)C2)[C@@H]1c1ccc(O)c(OC)c1. The van der Waals surface area contributed by atoms with Crippen LogP contribution >= 0.6 is 0 Å². The number of aromatic hydroxyl groups is 1. The molecule has 0 aromatic heterocycles. The third kappa shape index (κ3) is 4.59. The van der Waals surface area contributed by atoms with Crippen LogP contribution in [-0.4, -0.2) is 57.4 Å². The van der Waals surface area contributed by atoms with E-state index in [1.807, 2.05) is 6.92 Å². The van der Waals surface area contributed by atoms with Crippen LogP contribution in [0.1, 0.15) is 31.7 Å². The molecule has 1 aromatic rings. The van der Waals surface area contributed by atoms with Crippen LogP contribution in [0.3, 0.4) is 0 Å². The number of hydrogen-bond donors (Lipinski definition) is 2. The van der Waals surface area contributed by atoms with Gasteiger partial charge < -0.3 is 29.4 Å². The van der Waals surface area contributed by atoms with Crippen molar-refractivity contribution in [2.45, 2.75) is 26.2 Å². The minimum Gasteiger partial charge on any atom is -0.504 e. The molecule has 1 heterocycles. The molecule has 3 rings (SSSR count). The number of phenolic OH excluding ortho intramolecular Hbond substituents is 1. The Bertz CT molecular complexity index is 1030. The molecule has 3 atom stereocenters. The lowest BCUT2D eigenvalue weighted by atomic mass is 9.69. The highest BCUT2D eigenvalue weighted by Crippen LogP contribution is 2.46. The first-order valence-corrected chi connectivity index (χ1v) is 10.6. The van der Waals surface area contributed by atoms with Crippen LogP contribution in [0, 0.1) is 11.8 Å². The minimum absolute atomic E-state index is 0.0411. The number of benzene rings is 1. The number of Topliss-reactive ketones (excluding diaryl/α,β-unsaturated/α-hetero) is 1. The van der Waals surface area contributed by atoms with E-state index in [9.17, 15) is 19.5 Å². The second-order valence-corrected chi connectivity index (χ2v) is 8.10. The first-order chi connectivity index (χ1) is 15.7. The van der Waals surface area contributed by atoms with Crippen molar-refractivity contribution < 1.29 is 38.4 Å². The molecule has 2 aliphatic rings. The van der Waals surface area contributed by atoms with E-state index in [1.54, 1.807) is 19.1 Å². The fraction of sp³-hybridized carbons (Fsp3) is 0.458. The quantitative estimate of drug-likeness (QED) is 0.359. The van der Waals surface area contributed by atoms with Gasteiger partial charge in [-0.25, -0.2) is 4.79 Å². The number of rotatable bonds is 7. The Morgan fingerprint density at radius 3 is 2.55 bits per heavy atom. The Labute approximate surface area is 192 Å². The zero-order chi connectivity index (χ0) is 24.3. The average Bonchev–Trinajstić information content (AvgIpc) is 2.78. The van der Waals surface area contributed by atoms with Gasteiger partial charge in [0.2, 0.25) is 0 Å². The third-order valence-corrected chi connectivity index (χ3v) is 6.02. The first kappa shape index (κ1) is 24.3. The van der Waals surface area contributed by atoms with Crippen molar-refractivity contribution in [3.05, 3.63) is 46.3 Å². The predicted molar refractivity (Wildman–Crippen MR) is 117 cm³/mol. The number of carbonyl (C=O) groups excluding carboxylic acids is 3. The number of allylic oxidation sites excluding steroid dienone is 3. The molecule has 9 heteroatoms. The summed E-state index contributed by atoms with van der Waals surface area (Å²) in [6.07, 6.45) is 0.426. The fourth-order valence-corrected chi connectivity index (χ4v) is 4.45. The van der Waals surface area contributed by atoms with E-state index >= 15 is 0 Å². The van der Waals surface area contributed by atoms with Crippen LogP contribution < -0.4 is 10.1 Å². The normalized spacial score (nSPS) is 22.5. The van der Waals surface area contributed by atoms with Crippen molar-refractivity contribution in [3.63, 3.8) is 0 Å². The molecule has 1 aliphatic heterocycles. The van der Waals surface area contributed by atoms with Crippen LogP contribution in [0.5, 0.6) is 11.5 Å². The maximum atomic E-state index is 13.6. The van der Waals surface area contributed by atoms with Crippen LogP contribution in [0.15, 0.2) is 40.7 Å². The van der Waals surface area contributed by atoms with E-state index in [1.165, 1.54) is 27.4 Å². The molecule has 0 unspecified atom stereocenters. The van der Waals surface area contributed by atoms with E-state index < -0.39 is 29.6 Å². The summed E-state index contributed by atoms with van der Waals surface area (Å²) in [5, 5.41) is 13.3. The minimum atomic E-state index is -0.985. The van der Waals surface area contributed by atoms with Gasteiger partial charge in [-0.3, -0.25) is 9.59 Å². The largest absolute Gasteiger partial charge is 0.504 e. The smallest absolute Gasteiger partial charge is 0.336 e. The van der Waals surface area contributed by atoms with Gasteiger partial charge in [-0.05, 0) is 37.0 Å². The van der Waals surface area contributed by atoms with Crippen LogP contribution in [0.2, 0.25) is 0 Å². The zero-order valence-corrected chi connectivity index (χ0v) is 19.4. The standard InChI is InChI=1S/C24H29NO8/c1-12-10-15-21(22(27)18(12)23(28)32-5)20(14-6-7-16(26)17(11-14)31-4)19(13(2)25-15)24(29)33-9-8-30-3/h6-7,11-12,18,20,25-26H,8-10H2,1-5H3/t12-,18+,20-/m1/s1. The highest BCUT2D eigenvalue weighted by atomic mass is 16.6. The number of ether oxygens (including phenoxy) is 4. The molecule has 0 spiro atoms. The Morgan fingerprint density at radius 1 is 1.18 bits per heavy atom. The monoisotopic (exact) mass is 459 g/mol. The molecule has 9 nitrogen and oxygen atoms in total. The predicted octanol–water partition coefficient (Wildman–Crippen LogP) is 2.20. The van der Waals surface area contributed by atoms with Crippen molar-refractivity contribution in [2.75, 3.05) is 34.5 Å². The summed E-state index contributed by atoms with van der Waals surface area (Å²) < 4.78 is 20.5. The van der Waals surface area contributed by atoms with Gasteiger partial charge in [0, 0.05) is 30.0 Å². The summed E-state index contributed by atoms with van der Waals surface area (Å²) in [5.41, 5.74) is 2.29. The van der Waals surface area contributed by atoms with Crippen LogP contribution in [-0.2, 0) is 28.6 Å². The lowest BCUT2D eigenvalue weighted by molar-refractivity contribution is -0.151. The molecule has 33 heavy (non-hydrogen) atoms. The second kappa shape index (κ2) is 10.1. The highest BCUT2D eigenvalue weighted by Gasteiger charge is 2.47. The van der Waals surface area contributed by atoms with Gasteiger partial charge in [0.1, 0.15) is 12.5 Å². The summed E-state index contributed by atoms with van der Waals surface area (Å²) in [7, 11) is 4.15. The topological polar surface area (TPSA) is 120 Å². The van der Waals surface area contributed by atoms with Gasteiger partial charge in [-0.15, -0.1) is 0 Å². The molecule has 0 bridgehead atoms. The van der Waals surface area contributed by atoms with Crippen LogP contribution in [0.25, 0.3) is 0 Å². The first-order valence-electron chi connectivity index (χ1n) is 10.6. The van der Waals surface area contributed by atoms with E-state index in [0.717, 1.165) is 0 Å².